The summed E-state index contributed by atoms with van der Waals surface area (Å²) in [4.78, 5) is 24.0. The summed E-state index contributed by atoms with van der Waals surface area (Å²) in [5, 5.41) is 2.18. The predicted octanol–water partition coefficient (Wildman–Crippen LogP) is 3.96. The zero-order chi connectivity index (χ0) is 21.4. The van der Waals surface area contributed by atoms with Crippen LogP contribution in [0.5, 0.6) is 11.5 Å². The molecule has 0 unspecified atom stereocenters. The van der Waals surface area contributed by atoms with E-state index in [9.17, 15) is 18.4 Å². The van der Waals surface area contributed by atoms with Crippen LogP contribution >= 0.6 is 0 Å². The molecule has 0 aliphatic carbocycles. The Balaban J connectivity index is 1.97. The fraction of sp³-hybridized carbons (Fsp3) is 0.238. The summed E-state index contributed by atoms with van der Waals surface area (Å²) in [6, 6.07) is 7.75. The summed E-state index contributed by atoms with van der Waals surface area (Å²) >= 11 is 0. The molecule has 2 rings (SSSR count). The van der Waals surface area contributed by atoms with Gasteiger partial charge in [-0.1, -0.05) is 6.07 Å². The number of carbonyl (C=O) groups excluding carboxylic acids is 2. The number of esters is 1. The van der Waals surface area contributed by atoms with Crippen LogP contribution in [0.25, 0.3) is 6.08 Å². The molecule has 0 radical (unpaired) electrons. The van der Waals surface area contributed by atoms with E-state index in [1.54, 1.807) is 18.2 Å². The van der Waals surface area contributed by atoms with Crippen molar-refractivity contribution in [3.8, 4) is 11.5 Å². The molecule has 0 saturated heterocycles. The molecule has 1 amide bonds. The van der Waals surface area contributed by atoms with Crippen LogP contribution < -0.4 is 14.8 Å². The zero-order valence-corrected chi connectivity index (χ0v) is 16.2. The van der Waals surface area contributed by atoms with Crippen molar-refractivity contribution in [2.45, 2.75) is 20.0 Å². The van der Waals surface area contributed by atoms with E-state index in [1.165, 1.54) is 20.1 Å². The fourth-order valence-corrected chi connectivity index (χ4v) is 2.32. The number of carbonyl (C=O) groups is 2. The van der Waals surface area contributed by atoms with Crippen molar-refractivity contribution in [1.29, 1.82) is 0 Å². The lowest BCUT2D eigenvalue weighted by atomic mass is 10.2. The highest BCUT2D eigenvalue weighted by Crippen LogP contribution is 2.28. The molecule has 0 fully saturated rings. The number of hydrogen-bond acceptors (Lipinski definition) is 5. The Morgan fingerprint density at radius 2 is 1.90 bits per heavy atom. The van der Waals surface area contributed by atoms with Gasteiger partial charge < -0.3 is 19.5 Å². The first-order chi connectivity index (χ1) is 13.8. The van der Waals surface area contributed by atoms with Crippen molar-refractivity contribution in [2.75, 3.05) is 19.0 Å². The lowest BCUT2D eigenvalue weighted by molar-refractivity contribution is -0.148. The van der Waals surface area contributed by atoms with Gasteiger partial charge in [-0.2, -0.15) is 0 Å². The Bertz CT molecular complexity index is 914. The van der Waals surface area contributed by atoms with Crippen LogP contribution in [0.2, 0.25) is 0 Å². The van der Waals surface area contributed by atoms with E-state index in [1.807, 2.05) is 6.92 Å². The Kier molecular flexibility index (Phi) is 7.70. The van der Waals surface area contributed by atoms with E-state index in [-0.39, 0.29) is 5.69 Å². The van der Waals surface area contributed by atoms with Crippen LogP contribution in [0.3, 0.4) is 0 Å². The van der Waals surface area contributed by atoms with Crippen LogP contribution in [0, 0.1) is 11.6 Å². The number of nitrogens with one attached hydrogen (secondary N) is 1. The number of halogens is 2. The number of methoxy groups -OCH3 is 1. The Morgan fingerprint density at radius 1 is 1.14 bits per heavy atom. The third-order valence-corrected chi connectivity index (χ3v) is 3.75. The van der Waals surface area contributed by atoms with E-state index in [0.29, 0.717) is 23.7 Å². The molecule has 1 atom stereocenters. The predicted molar refractivity (Wildman–Crippen MR) is 104 cm³/mol. The summed E-state index contributed by atoms with van der Waals surface area (Å²) < 4.78 is 42.4. The standard InChI is InChI=1S/C21H21F2NO5/c1-4-28-18-9-5-14(11-19(18)27-3)6-10-20(25)29-13(2)21(26)24-17-12-15(22)7-8-16(17)23/h5-13H,4H2,1-3H3,(H,24,26)/b10-6+/t13-/m1/s1. The van der Waals surface area contributed by atoms with E-state index in [4.69, 9.17) is 14.2 Å². The minimum Gasteiger partial charge on any atom is -0.493 e. The average molecular weight is 405 g/mol. The third-order valence-electron chi connectivity index (χ3n) is 3.75. The van der Waals surface area contributed by atoms with Gasteiger partial charge >= 0.3 is 5.97 Å². The monoisotopic (exact) mass is 405 g/mol. The van der Waals surface area contributed by atoms with Gasteiger partial charge in [-0.25, -0.2) is 13.6 Å². The molecule has 8 heteroatoms. The SMILES string of the molecule is CCOc1ccc(/C=C/C(=O)O[C@H](C)C(=O)Nc2cc(F)ccc2F)cc1OC. The highest BCUT2D eigenvalue weighted by Gasteiger charge is 2.18. The van der Waals surface area contributed by atoms with Gasteiger partial charge in [0.15, 0.2) is 17.6 Å². The van der Waals surface area contributed by atoms with Gasteiger partial charge in [-0.15, -0.1) is 0 Å². The number of anilines is 1. The molecule has 154 valence electrons. The maximum atomic E-state index is 13.6. The minimum absolute atomic E-state index is 0.338. The summed E-state index contributed by atoms with van der Waals surface area (Å²) in [5.74, 6) is -2.00. The largest absolute Gasteiger partial charge is 0.493 e. The van der Waals surface area contributed by atoms with Crippen LogP contribution in [-0.2, 0) is 14.3 Å². The highest BCUT2D eigenvalue weighted by molar-refractivity contribution is 5.96. The molecular formula is C21H21F2NO5. The quantitative estimate of drug-likeness (QED) is 0.532. The molecule has 29 heavy (non-hydrogen) atoms. The Labute approximate surface area is 167 Å². The molecule has 1 N–H and O–H groups in total. The molecule has 2 aromatic rings. The fourth-order valence-electron chi connectivity index (χ4n) is 2.32. The normalized spacial score (nSPS) is 11.8. The number of amides is 1. The molecule has 0 heterocycles. The smallest absolute Gasteiger partial charge is 0.331 e. The lowest BCUT2D eigenvalue weighted by Crippen LogP contribution is -2.29. The highest BCUT2D eigenvalue weighted by atomic mass is 19.1. The van der Waals surface area contributed by atoms with Crippen molar-refractivity contribution in [1.82, 2.24) is 0 Å². The van der Waals surface area contributed by atoms with Crippen LogP contribution in [0.1, 0.15) is 19.4 Å². The molecule has 0 spiro atoms. The number of ether oxygens (including phenoxy) is 3. The molecule has 0 aromatic heterocycles. The zero-order valence-electron chi connectivity index (χ0n) is 16.2. The number of hydrogen-bond donors (Lipinski definition) is 1. The Morgan fingerprint density at radius 3 is 2.59 bits per heavy atom. The maximum Gasteiger partial charge on any atom is 0.331 e. The van der Waals surface area contributed by atoms with Crippen molar-refractivity contribution in [2.24, 2.45) is 0 Å². The van der Waals surface area contributed by atoms with Gasteiger partial charge in [0.25, 0.3) is 5.91 Å². The van der Waals surface area contributed by atoms with Gasteiger partial charge in [0, 0.05) is 12.1 Å². The van der Waals surface area contributed by atoms with Crippen LogP contribution in [-0.4, -0.2) is 31.7 Å². The first-order valence-corrected chi connectivity index (χ1v) is 8.79. The molecule has 0 aliphatic heterocycles. The summed E-state index contributed by atoms with van der Waals surface area (Å²) in [5.41, 5.74) is 0.316. The average Bonchev–Trinajstić information content (AvgIpc) is 2.70. The molecular weight excluding hydrogens is 384 g/mol. The van der Waals surface area contributed by atoms with Gasteiger partial charge in [0.2, 0.25) is 0 Å². The molecule has 0 aliphatic rings. The second-order valence-electron chi connectivity index (χ2n) is 5.87. The van der Waals surface area contributed by atoms with Crippen molar-refractivity contribution in [3.63, 3.8) is 0 Å². The number of rotatable bonds is 8. The molecule has 6 nitrogen and oxygen atoms in total. The third kappa shape index (κ3) is 6.31. The van der Waals surface area contributed by atoms with Crippen molar-refractivity contribution >= 4 is 23.6 Å². The van der Waals surface area contributed by atoms with E-state index in [0.717, 1.165) is 24.3 Å². The maximum absolute atomic E-state index is 13.6. The summed E-state index contributed by atoms with van der Waals surface area (Å²) in [7, 11) is 1.50. The minimum atomic E-state index is -1.22. The van der Waals surface area contributed by atoms with Crippen molar-refractivity contribution in [3.05, 3.63) is 59.7 Å². The first-order valence-electron chi connectivity index (χ1n) is 8.79. The summed E-state index contributed by atoms with van der Waals surface area (Å²) in [6.45, 7) is 3.65. The van der Waals surface area contributed by atoms with E-state index >= 15 is 0 Å². The van der Waals surface area contributed by atoms with Gasteiger partial charge in [0.05, 0.1) is 19.4 Å². The van der Waals surface area contributed by atoms with Gasteiger partial charge in [-0.05, 0) is 49.8 Å². The topological polar surface area (TPSA) is 73.9 Å². The van der Waals surface area contributed by atoms with Gasteiger partial charge in [-0.3, -0.25) is 4.79 Å². The first kappa shape index (κ1) is 21.9. The second-order valence-corrected chi connectivity index (χ2v) is 5.87. The molecule has 0 bridgehead atoms. The second kappa shape index (κ2) is 10.2. The summed E-state index contributed by atoms with van der Waals surface area (Å²) in [6.07, 6.45) is 1.41. The van der Waals surface area contributed by atoms with Crippen LogP contribution in [0.4, 0.5) is 14.5 Å². The van der Waals surface area contributed by atoms with Crippen LogP contribution in [0.15, 0.2) is 42.5 Å². The van der Waals surface area contributed by atoms with E-state index < -0.39 is 29.6 Å². The van der Waals surface area contributed by atoms with Gasteiger partial charge in [0.1, 0.15) is 11.6 Å². The Hall–Kier alpha value is -3.42. The lowest BCUT2D eigenvalue weighted by Gasteiger charge is -2.13. The van der Waals surface area contributed by atoms with E-state index in [2.05, 4.69) is 5.32 Å². The number of benzene rings is 2. The van der Waals surface area contributed by atoms with Crippen molar-refractivity contribution < 1.29 is 32.6 Å². The molecule has 2 aromatic carbocycles. The molecule has 0 saturated carbocycles.